The summed E-state index contributed by atoms with van der Waals surface area (Å²) in [6, 6.07) is 10.3. The molecule has 0 unspecified atom stereocenters. The number of benzene rings is 2. The second-order valence-electron chi connectivity index (χ2n) is 6.56. The third-order valence-electron chi connectivity index (χ3n) is 4.60. The van der Waals surface area contributed by atoms with Crippen LogP contribution in [0.3, 0.4) is 0 Å². The molecular formula is C20H22ClN3O5S. The van der Waals surface area contributed by atoms with Crippen LogP contribution >= 0.6 is 11.6 Å². The van der Waals surface area contributed by atoms with Gasteiger partial charge in [0.05, 0.1) is 23.8 Å². The summed E-state index contributed by atoms with van der Waals surface area (Å²) in [6.07, 6.45) is 0.430. The number of nitrogens with one attached hydrogen (secondary N) is 1. The van der Waals surface area contributed by atoms with Gasteiger partial charge in [-0.15, -0.1) is 0 Å². The summed E-state index contributed by atoms with van der Waals surface area (Å²) in [4.78, 5) is 12.6. The Hall–Kier alpha value is -2.46. The Morgan fingerprint density at radius 2 is 1.97 bits per heavy atom. The van der Waals surface area contributed by atoms with E-state index in [4.69, 9.17) is 16.3 Å². The quantitative estimate of drug-likeness (QED) is 0.518. The van der Waals surface area contributed by atoms with Gasteiger partial charge in [0, 0.05) is 29.2 Å². The van der Waals surface area contributed by atoms with E-state index in [0.717, 1.165) is 0 Å². The zero-order valence-electron chi connectivity index (χ0n) is 16.3. The molecular weight excluding hydrogens is 430 g/mol. The van der Waals surface area contributed by atoms with Crippen molar-refractivity contribution in [3.8, 4) is 5.75 Å². The number of phenols is 1. The van der Waals surface area contributed by atoms with Crippen LogP contribution in [0.1, 0.15) is 29.3 Å². The molecule has 0 bridgehead atoms. The number of ether oxygens (including phenoxy) is 1. The van der Waals surface area contributed by atoms with Crippen molar-refractivity contribution in [2.75, 3.05) is 26.3 Å². The first-order valence-electron chi connectivity index (χ1n) is 9.36. The fraction of sp³-hybridized carbons (Fsp3) is 0.300. The summed E-state index contributed by atoms with van der Waals surface area (Å²) in [5, 5.41) is 14.6. The Kier molecular flexibility index (Phi) is 7.09. The van der Waals surface area contributed by atoms with Gasteiger partial charge >= 0.3 is 0 Å². The molecule has 1 aliphatic rings. The number of hydrogen-bond acceptors (Lipinski definition) is 6. The maximum absolute atomic E-state index is 12.8. The fourth-order valence-electron chi connectivity index (χ4n) is 2.99. The molecule has 160 valence electrons. The number of rotatable bonds is 6. The molecule has 2 aromatic rings. The number of sulfonamides is 1. The van der Waals surface area contributed by atoms with Crippen molar-refractivity contribution < 1.29 is 23.1 Å². The number of hydrogen-bond donors (Lipinski definition) is 2. The van der Waals surface area contributed by atoms with Crippen LogP contribution in [0.25, 0.3) is 0 Å². The van der Waals surface area contributed by atoms with E-state index in [0.29, 0.717) is 35.9 Å². The van der Waals surface area contributed by atoms with Crippen LogP contribution in [0.4, 0.5) is 0 Å². The van der Waals surface area contributed by atoms with E-state index in [-0.39, 0.29) is 29.3 Å². The minimum atomic E-state index is -3.72. The molecule has 1 amide bonds. The number of nitrogens with zero attached hydrogens (tertiary/aromatic N) is 2. The third-order valence-corrected chi connectivity index (χ3v) is 6.73. The van der Waals surface area contributed by atoms with Gasteiger partial charge in [0.15, 0.2) is 0 Å². The van der Waals surface area contributed by atoms with Crippen molar-refractivity contribution in [3.05, 3.63) is 58.6 Å². The van der Waals surface area contributed by atoms with Gasteiger partial charge in [-0.2, -0.15) is 9.41 Å². The molecule has 1 heterocycles. The first-order valence-corrected chi connectivity index (χ1v) is 11.2. The number of carbonyl (C=O) groups excluding carboxylic acids is 1. The average molecular weight is 452 g/mol. The number of carbonyl (C=O) groups is 1. The average Bonchev–Trinajstić information content (AvgIpc) is 2.77. The van der Waals surface area contributed by atoms with Crippen LogP contribution in [0.15, 0.2) is 52.5 Å². The number of morpholine rings is 1. The molecule has 0 spiro atoms. The predicted octanol–water partition coefficient (Wildman–Crippen LogP) is 2.61. The van der Waals surface area contributed by atoms with Crippen molar-refractivity contribution in [3.63, 3.8) is 0 Å². The molecule has 0 saturated carbocycles. The number of halogens is 1. The maximum Gasteiger partial charge on any atom is 0.271 e. The normalized spacial score (nSPS) is 15.7. The van der Waals surface area contributed by atoms with E-state index >= 15 is 0 Å². The number of amides is 1. The summed E-state index contributed by atoms with van der Waals surface area (Å²) < 4.78 is 32.1. The van der Waals surface area contributed by atoms with Crippen molar-refractivity contribution in [2.45, 2.75) is 18.2 Å². The smallest absolute Gasteiger partial charge is 0.271 e. The van der Waals surface area contributed by atoms with Crippen molar-refractivity contribution >= 4 is 33.2 Å². The Morgan fingerprint density at radius 3 is 2.67 bits per heavy atom. The molecule has 0 radical (unpaired) electrons. The zero-order valence-corrected chi connectivity index (χ0v) is 17.9. The van der Waals surface area contributed by atoms with E-state index in [1.54, 1.807) is 12.1 Å². The lowest BCUT2D eigenvalue weighted by atomic mass is 10.1. The first kappa shape index (κ1) is 22.2. The van der Waals surface area contributed by atoms with E-state index < -0.39 is 15.9 Å². The second-order valence-corrected chi connectivity index (χ2v) is 8.93. The topological polar surface area (TPSA) is 108 Å². The molecule has 0 aromatic heterocycles. The van der Waals surface area contributed by atoms with Gasteiger partial charge in [-0.05, 0) is 42.8 Å². The lowest BCUT2D eigenvalue weighted by Crippen LogP contribution is -2.40. The van der Waals surface area contributed by atoms with Crippen LogP contribution in [0.2, 0.25) is 5.02 Å². The molecule has 3 rings (SSSR count). The van der Waals surface area contributed by atoms with Crippen LogP contribution in [0.5, 0.6) is 5.75 Å². The lowest BCUT2D eigenvalue weighted by Gasteiger charge is -2.26. The van der Waals surface area contributed by atoms with Crippen molar-refractivity contribution in [1.82, 2.24) is 9.73 Å². The van der Waals surface area contributed by atoms with Gasteiger partial charge in [-0.25, -0.2) is 13.8 Å². The Bertz CT molecular complexity index is 1070. The van der Waals surface area contributed by atoms with E-state index in [1.165, 1.54) is 34.6 Å². The summed E-state index contributed by atoms with van der Waals surface area (Å²) in [6.45, 7) is 3.04. The fourth-order valence-corrected chi connectivity index (χ4v) is 4.61. The van der Waals surface area contributed by atoms with Crippen molar-refractivity contribution in [1.29, 1.82) is 0 Å². The van der Waals surface area contributed by atoms with Crippen molar-refractivity contribution in [2.24, 2.45) is 5.10 Å². The molecule has 2 aromatic carbocycles. The predicted molar refractivity (Wildman–Crippen MR) is 113 cm³/mol. The minimum Gasteiger partial charge on any atom is -0.507 e. The maximum atomic E-state index is 12.8. The summed E-state index contributed by atoms with van der Waals surface area (Å²) in [5.74, 6) is -0.575. The first-order chi connectivity index (χ1) is 14.3. The molecule has 30 heavy (non-hydrogen) atoms. The Morgan fingerprint density at radius 1 is 1.23 bits per heavy atom. The van der Waals surface area contributed by atoms with E-state index in [9.17, 15) is 18.3 Å². The van der Waals surface area contributed by atoms with Gasteiger partial charge < -0.3 is 9.84 Å². The SMILES string of the molecule is CC/C(=N\NC(=O)c1cccc(S(=O)(=O)N2CCOCC2)c1)c1cc(Cl)ccc1O. The lowest BCUT2D eigenvalue weighted by molar-refractivity contribution is 0.0730. The molecule has 0 atom stereocenters. The van der Waals surface area contributed by atoms with Gasteiger partial charge in [0.1, 0.15) is 5.75 Å². The minimum absolute atomic E-state index is 0.00662. The Labute approximate surface area is 180 Å². The molecule has 1 fully saturated rings. The largest absolute Gasteiger partial charge is 0.507 e. The van der Waals surface area contributed by atoms with E-state index in [2.05, 4.69) is 10.5 Å². The highest BCUT2D eigenvalue weighted by Crippen LogP contribution is 2.23. The van der Waals surface area contributed by atoms with Crippen LogP contribution in [-0.2, 0) is 14.8 Å². The highest BCUT2D eigenvalue weighted by molar-refractivity contribution is 7.89. The van der Waals surface area contributed by atoms with Gasteiger partial charge in [0.2, 0.25) is 10.0 Å². The molecule has 1 saturated heterocycles. The third kappa shape index (κ3) is 4.99. The van der Waals surface area contributed by atoms with E-state index in [1.807, 2.05) is 6.92 Å². The standard InChI is InChI=1S/C20H22ClN3O5S/c1-2-18(17-13-15(21)6-7-19(17)25)22-23-20(26)14-4-3-5-16(12-14)30(27,28)24-8-10-29-11-9-24/h3-7,12-13,25H,2,8-11H2,1H3,(H,23,26)/b22-18+. The van der Waals surface area contributed by atoms with Crippen LogP contribution in [-0.4, -0.2) is 55.8 Å². The van der Waals surface area contributed by atoms with Gasteiger partial charge in [-0.1, -0.05) is 24.6 Å². The number of hydrazone groups is 1. The molecule has 0 aliphatic carbocycles. The summed E-state index contributed by atoms with van der Waals surface area (Å²) >= 11 is 5.98. The van der Waals surface area contributed by atoms with Gasteiger partial charge in [0.25, 0.3) is 5.91 Å². The molecule has 10 heteroatoms. The highest BCUT2D eigenvalue weighted by Gasteiger charge is 2.26. The van der Waals surface area contributed by atoms with Gasteiger partial charge in [-0.3, -0.25) is 4.79 Å². The molecule has 2 N–H and O–H groups in total. The van der Waals surface area contributed by atoms with Crippen LogP contribution in [0, 0.1) is 0 Å². The summed E-state index contributed by atoms with van der Waals surface area (Å²) in [7, 11) is -3.72. The monoisotopic (exact) mass is 451 g/mol. The number of aromatic hydroxyl groups is 1. The molecule has 8 nitrogen and oxygen atoms in total. The Balaban J connectivity index is 1.81. The van der Waals surface area contributed by atoms with Crippen LogP contribution < -0.4 is 5.43 Å². The summed E-state index contributed by atoms with van der Waals surface area (Å²) in [5.41, 5.74) is 3.41. The zero-order chi connectivity index (χ0) is 21.7. The second kappa shape index (κ2) is 9.57. The molecule has 1 aliphatic heterocycles. The highest BCUT2D eigenvalue weighted by atomic mass is 35.5. The number of phenolic OH excluding ortho intramolecular Hbond substituents is 1.